The van der Waals surface area contributed by atoms with E-state index in [4.69, 9.17) is 18.9 Å². The molecule has 2 aliphatic heterocycles. The number of rotatable bonds is 4. The maximum Gasteiger partial charge on any atom is 0.187 e. The number of fused-ring (bicyclic) bond motifs is 1. The molecule has 0 aromatic heterocycles. The van der Waals surface area contributed by atoms with Crippen molar-refractivity contribution in [2.45, 2.75) is 51.7 Å². The predicted molar refractivity (Wildman–Crippen MR) is 74.0 cm³/mol. The van der Waals surface area contributed by atoms with Gasteiger partial charge in [0.25, 0.3) is 0 Å². The highest BCUT2D eigenvalue weighted by Gasteiger charge is 2.52. The second-order valence-corrected chi connectivity index (χ2v) is 6.00. The van der Waals surface area contributed by atoms with Crippen molar-refractivity contribution in [3.05, 3.63) is 35.9 Å². The molecular formula is C16H22O4. The van der Waals surface area contributed by atoms with Crippen molar-refractivity contribution in [2.24, 2.45) is 5.92 Å². The lowest BCUT2D eigenvalue weighted by molar-refractivity contribution is -0.214. The fourth-order valence-corrected chi connectivity index (χ4v) is 2.78. The molecule has 2 heterocycles. The zero-order valence-corrected chi connectivity index (χ0v) is 12.2. The van der Waals surface area contributed by atoms with E-state index in [1.54, 1.807) is 0 Å². The Bertz CT molecular complexity index is 445. The molecule has 1 aromatic rings. The largest absolute Gasteiger partial charge is 0.374 e. The second-order valence-electron chi connectivity index (χ2n) is 6.00. The minimum atomic E-state index is -0.542. The Morgan fingerprint density at radius 2 is 1.90 bits per heavy atom. The highest BCUT2D eigenvalue weighted by molar-refractivity contribution is 5.13. The topological polar surface area (TPSA) is 36.9 Å². The van der Waals surface area contributed by atoms with E-state index >= 15 is 0 Å². The van der Waals surface area contributed by atoms with Crippen LogP contribution in [0.4, 0.5) is 0 Å². The summed E-state index contributed by atoms with van der Waals surface area (Å²) in [4.78, 5) is 0. The maximum absolute atomic E-state index is 5.90. The molecule has 4 atom stereocenters. The van der Waals surface area contributed by atoms with Crippen LogP contribution in [0.5, 0.6) is 0 Å². The fourth-order valence-electron chi connectivity index (χ4n) is 2.78. The van der Waals surface area contributed by atoms with Crippen LogP contribution in [0.2, 0.25) is 0 Å². The van der Waals surface area contributed by atoms with Gasteiger partial charge in [-0.2, -0.15) is 0 Å². The second kappa shape index (κ2) is 5.45. The van der Waals surface area contributed by atoms with Crippen molar-refractivity contribution in [2.75, 3.05) is 6.61 Å². The lowest BCUT2D eigenvalue weighted by Gasteiger charge is -2.23. The summed E-state index contributed by atoms with van der Waals surface area (Å²) in [6, 6.07) is 10.1. The lowest BCUT2D eigenvalue weighted by Crippen LogP contribution is -2.30. The summed E-state index contributed by atoms with van der Waals surface area (Å²) in [6.45, 7) is 7.14. The van der Waals surface area contributed by atoms with Crippen LogP contribution in [0, 0.1) is 5.92 Å². The third-order valence-corrected chi connectivity index (χ3v) is 3.90. The van der Waals surface area contributed by atoms with Gasteiger partial charge in [0, 0.05) is 5.92 Å². The first-order valence-corrected chi connectivity index (χ1v) is 7.18. The van der Waals surface area contributed by atoms with Gasteiger partial charge in [0.05, 0.1) is 19.3 Å². The summed E-state index contributed by atoms with van der Waals surface area (Å²) in [6.07, 6.45) is -0.217. The Morgan fingerprint density at radius 3 is 2.60 bits per heavy atom. The average molecular weight is 278 g/mol. The van der Waals surface area contributed by atoms with Crippen LogP contribution in [0.3, 0.4) is 0 Å². The molecule has 0 N–H and O–H groups in total. The Balaban J connectivity index is 1.49. The van der Waals surface area contributed by atoms with Gasteiger partial charge in [-0.25, -0.2) is 0 Å². The molecule has 2 fully saturated rings. The van der Waals surface area contributed by atoms with Gasteiger partial charge >= 0.3 is 0 Å². The van der Waals surface area contributed by atoms with Crippen LogP contribution in [0.1, 0.15) is 26.3 Å². The summed E-state index contributed by atoms with van der Waals surface area (Å²) < 4.78 is 23.3. The molecule has 0 spiro atoms. The third-order valence-electron chi connectivity index (χ3n) is 3.90. The van der Waals surface area contributed by atoms with Crippen molar-refractivity contribution in [3.8, 4) is 0 Å². The van der Waals surface area contributed by atoms with Gasteiger partial charge in [-0.3, -0.25) is 0 Å². The predicted octanol–water partition coefficient (Wildman–Crippen LogP) is 2.72. The van der Waals surface area contributed by atoms with Gasteiger partial charge in [-0.05, 0) is 19.4 Å². The van der Waals surface area contributed by atoms with Crippen LogP contribution in [0.15, 0.2) is 30.3 Å². The number of hydrogen-bond acceptors (Lipinski definition) is 4. The molecule has 1 aromatic carbocycles. The monoisotopic (exact) mass is 278 g/mol. The zero-order valence-electron chi connectivity index (χ0n) is 12.2. The number of ether oxygens (including phenoxy) is 4. The van der Waals surface area contributed by atoms with Crippen LogP contribution in [-0.2, 0) is 25.6 Å². The Kier molecular flexibility index (Phi) is 3.82. The SMILES string of the molecule is C[C@H]1[C@@H]2OC(C)(C)OC2O[C@@H]1COCc1ccccc1. The first-order chi connectivity index (χ1) is 9.55. The average Bonchev–Trinajstić information content (AvgIpc) is 2.86. The Morgan fingerprint density at radius 1 is 1.15 bits per heavy atom. The van der Waals surface area contributed by atoms with Gasteiger partial charge < -0.3 is 18.9 Å². The van der Waals surface area contributed by atoms with Crippen molar-refractivity contribution in [1.82, 2.24) is 0 Å². The van der Waals surface area contributed by atoms with Gasteiger partial charge in [-0.1, -0.05) is 37.3 Å². The molecule has 0 bridgehead atoms. The highest BCUT2D eigenvalue weighted by atomic mass is 16.8. The van der Waals surface area contributed by atoms with Crippen molar-refractivity contribution in [3.63, 3.8) is 0 Å². The normalized spacial score (nSPS) is 35.1. The first-order valence-electron chi connectivity index (χ1n) is 7.18. The molecule has 0 amide bonds. The van der Waals surface area contributed by atoms with E-state index in [0.29, 0.717) is 13.2 Å². The lowest BCUT2D eigenvalue weighted by atomic mass is 10.0. The van der Waals surface area contributed by atoms with E-state index < -0.39 is 5.79 Å². The van der Waals surface area contributed by atoms with Crippen molar-refractivity contribution in [1.29, 1.82) is 0 Å². The molecule has 0 aliphatic carbocycles. The van der Waals surface area contributed by atoms with E-state index in [1.807, 2.05) is 32.0 Å². The van der Waals surface area contributed by atoms with E-state index in [9.17, 15) is 0 Å². The van der Waals surface area contributed by atoms with Gasteiger partial charge in [-0.15, -0.1) is 0 Å². The minimum Gasteiger partial charge on any atom is -0.374 e. The molecular weight excluding hydrogens is 256 g/mol. The first kappa shape index (κ1) is 14.0. The summed E-state index contributed by atoms with van der Waals surface area (Å²) in [7, 11) is 0. The van der Waals surface area contributed by atoms with Crippen molar-refractivity contribution >= 4 is 0 Å². The van der Waals surface area contributed by atoms with Gasteiger partial charge in [0.2, 0.25) is 0 Å². The Labute approximate surface area is 120 Å². The summed E-state index contributed by atoms with van der Waals surface area (Å²) in [5, 5.41) is 0. The molecule has 4 heteroatoms. The van der Waals surface area contributed by atoms with Crippen LogP contribution < -0.4 is 0 Å². The molecule has 2 saturated heterocycles. The van der Waals surface area contributed by atoms with E-state index in [1.165, 1.54) is 5.56 Å². The van der Waals surface area contributed by atoms with Gasteiger partial charge in [0.1, 0.15) is 6.10 Å². The van der Waals surface area contributed by atoms with Crippen molar-refractivity contribution < 1.29 is 18.9 Å². The van der Waals surface area contributed by atoms with E-state index in [-0.39, 0.29) is 24.4 Å². The zero-order chi connectivity index (χ0) is 14.2. The third kappa shape index (κ3) is 2.88. The molecule has 4 nitrogen and oxygen atoms in total. The molecule has 0 saturated carbocycles. The fraction of sp³-hybridized carbons (Fsp3) is 0.625. The van der Waals surface area contributed by atoms with Crippen LogP contribution in [0.25, 0.3) is 0 Å². The maximum atomic E-state index is 5.90. The summed E-state index contributed by atoms with van der Waals surface area (Å²) >= 11 is 0. The smallest absolute Gasteiger partial charge is 0.187 e. The van der Waals surface area contributed by atoms with Crippen LogP contribution in [-0.4, -0.2) is 30.9 Å². The van der Waals surface area contributed by atoms with E-state index in [2.05, 4.69) is 19.1 Å². The molecule has 110 valence electrons. The number of benzene rings is 1. The molecule has 0 radical (unpaired) electrons. The Hall–Kier alpha value is -0.940. The van der Waals surface area contributed by atoms with Gasteiger partial charge in [0.15, 0.2) is 12.1 Å². The minimum absolute atomic E-state index is 0.00956. The molecule has 1 unspecified atom stereocenters. The molecule has 2 aliphatic rings. The van der Waals surface area contributed by atoms with E-state index in [0.717, 1.165) is 0 Å². The number of hydrogen-bond donors (Lipinski definition) is 0. The summed E-state index contributed by atoms with van der Waals surface area (Å²) in [5.41, 5.74) is 1.17. The summed E-state index contributed by atoms with van der Waals surface area (Å²) in [5.74, 6) is -0.267. The van der Waals surface area contributed by atoms with Crippen LogP contribution >= 0.6 is 0 Å². The highest BCUT2D eigenvalue weighted by Crippen LogP contribution is 2.40. The molecule has 20 heavy (non-hydrogen) atoms. The molecule has 3 rings (SSSR count). The quantitative estimate of drug-likeness (QED) is 0.848. The standard InChI is InChI=1S/C16H22O4/c1-11-13(10-17-9-12-7-5-4-6-8-12)18-15-14(11)19-16(2,3)20-15/h4-8,11,13-15H,9-10H2,1-3H3/t11-,13-,14+,15?/m1/s1.